The number of nitrogens with zero attached hydrogens (tertiary/aromatic N) is 1. The van der Waals surface area contributed by atoms with Gasteiger partial charge in [-0.25, -0.2) is 13.2 Å². The summed E-state index contributed by atoms with van der Waals surface area (Å²) in [5.41, 5.74) is 0.521. The van der Waals surface area contributed by atoms with E-state index in [4.69, 9.17) is 0 Å². The fourth-order valence-electron chi connectivity index (χ4n) is 2.45. The highest BCUT2D eigenvalue weighted by Gasteiger charge is 2.35. The largest absolute Gasteiger partial charge is 0.478 e. The monoisotopic (exact) mass is 375 g/mol. The lowest BCUT2D eigenvalue weighted by molar-refractivity contribution is 0.0695. The number of benzene rings is 1. The zero-order valence-electron chi connectivity index (χ0n) is 12.1. The predicted molar refractivity (Wildman–Crippen MR) is 82.9 cm³/mol. The third-order valence-corrected chi connectivity index (χ3v) is 6.77. The number of hydrogen-bond donors (Lipinski definition) is 1. The summed E-state index contributed by atoms with van der Waals surface area (Å²) in [4.78, 5) is 11.3. The van der Waals surface area contributed by atoms with Crippen molar-refractivity contribution in [3.8, 4) is 0 Å². The van der Waals surface area contributed by atoms with Crippen LogP contribution in [0.5, 0.6) is 0 Å². The minimum Gasteiger partial charge on any atom is -0.478 e. The molecule has 1 aliphatic heterocycles. The van der Waals surface area contributed by atoms with Crippen LogP contribution < -0.4 is 0 Å². The Bertz CT molecular complexity index is 676. The van der Waals surface area contributed by atoms with Crippen LogP contribution in [0.3, 0.4) is 0 Å². The first kappa shape index (κ1) is 16.5. The van der Waals surface area contributed by atoms with Gasteiger partial charge in [0.05, 0.1) is 10.5 Å². The number of sulfonamides is 1. The zero-order chi connectivity index (χ0) is 15.9. The van der Waals surface area contributed by atoms with Gasteiger partial charge in [-0.2, -0.15) is 4.31 Å². The molecule has 2 rings (SSSR count). The molecule has 7 heteroatoms. The lowest BCUT2D eigenvalue weighted by Gasteiger charge is -2.17. The van der Waals surface area contributed by atoms with Crippen LogP contribution in [0, 0.1) is 18.8 Å². The summed E-state index contributed by atoms with van der Waals surface area (Å²) in [7, 11) is -3.66. The van der Waals surface area contributed by atoms with E-state index in [1.54, 1.807) is 6.92 Å². The summed E-state index contributed by atoms with van der Waals surface area (Å²) < 4.78 is 27.3. The molecule has 1 aromatic rings. The highest BCUT2D eigenvalue weighted by atomic mass is 79.9. The minimum absolute atomic E-state index is 0.00300. The Labute approximate surface area is 133 Å². The molecule has 1 heterocycles. The Hall–Kier alpha value is -0.920. The van der Waals surface area contributed by atoms with Gasteiger partial charge in [0.15, 0.2) is 0 Å². The summed E-state index contributed by atoms with van der Waals surface area (Å²) in [6.07, 6.45) is 0. The second kappa shape index (κ2) is 5.70. The second-order valence-corrected chi connectivity index (χ2v) is 8.45. The van der Waals surface area contributed by atoms with Crippen molar-refractivity contribution in [3.05, 3.63) is 27.7 Å². The molecule has 0 bridgehead atoms. The van der Waals surface area contributed by atoms with Crippen LogP contribution in [0.4, 0.5) is 0 Å². The van der Waals surface area contributed by atoms with Gasteiger partial charge in [-0.15, -0.1) is 0 Å². The van der Waals surface area contributed by atoms with E-state index in [1.807, 2.05) is 13.8 Å². The van der Waals surface area contributed by atoms with Gasteiger partial charge in [0, 0.05) is 17.6 Å². The first-order valence-corrected chi connectivity index (χ1v) is 8.91. The molecule has 21 heavy (non-hydrogen) atoms. The van der Waals surface area contributed by atoms with Gasteiger partial charge in [0.2, 0.25) is 10.0 Å². The standard InChI is InChI=1S/C14H18BrNO4S/c1-8-6-16(7-9(8)2)21(19,20)11-4-12(14(17)18)10(3)13(15)5-11/h4-5,8-9H,6-7H2,1-3H3,(H,17,18). The van der Waals surface area contributed by atoms with Crippen LogP contribution in [0.15, 0.2) is 21.5 Å². The first-order chi connectivity index (χ1) is 9.64. The molecule has 2 atom stereocenters. The lowest BCUT2D eigenvalue weighted by Crippen LogP contribution is -2.29. The Balaban J connectivity index is 2.49. The lowest BCUT2D eigenvalue weighted by atomic mass is 10.0. The summed E-state index contributed by atoms with van der Waals surface area (Å²) in [6, 6.07) is 2.72. The third kappa shape index (κ3) is 3.00. The maximum atomic E-state index is 12.7. The van der Waals surface area contributed by atoms with E-state index in [2.05, 4.69) is 15.9 Å². The molecule has 0 radical (unpaired) electrons. The summed E-state index contributed by atoms with van der Waals surface area (Å²) >= 11 is 3.24. The average molecular weight is 376 g/mol. The maximum Gasteiger partial charge on any atom is 0.336 e. The quantitative estimate of drug-likeness (QED) is 0.880. The van der Waals surface area contributed by atoms with Crippen molar-refractivity contribution in [2.45, 2.75) is 25.7 Å². The molecule has 0 spiro atoms. The fourth-order valence-corrected chi connectivity index (χ4v) is 4.75. The number of rotatable bonds is 3. The molecule has 0 aliphatic carbocycles. The van der Waals surface area contributed by atoms with Crippen LogP contribution in [0.2, 0.25) is 0 Å². The normalized spacial score (nSPS) is 23.4. The van der Waals surface area contributed by atoms with Gasteiger partial charge in [-0.1, -0.05) is 29.8 Å². The minimum atomic E-state index is -3.66. The molecule has 0 amide bonds. The molecule has 116 valence electrons. The van der Waals surface area contributed by atoms with Crippen LogP contribution in [0.25, 0.3) is 0 Å². The number of aromatic carboxylic acids is 1. The maximum absolute atomic E-state index is 12.7. The van der Waals surface area contributed by atoms with Crippen molar-refractivity contribution in [3.63, 3.8) is 0 Å². The summed E-state index contributed by atoms with van der Waals surface area (Å²) in [6.45, 7) is 6.63. The molecule has 5 nitrogen and oxygen atoms in total. The van der Waals surface area contributed by atoms with Gasteiger partial charge < -0.3 is 5.11 Å². The van der Waals surface area contributed by atoms with Crippen molar-refractivity contribution >= 4 is 31.9 Å². The van der Waals surface area contributed by atoms with E-state index < -0.39 is 16.0 Å². The van der Waals surface area contributed by atoms with E-state index in [9.17, 15) is 18.3 Å². The molecule has 1 saturated heterocycles. The Morgan fingerprint density at radius 2 is 1.81 bits per heavy atom. The summed E-state index contributed by atoms with van der Waals surface area (Å²) in [5.74, 6) is -0.534. The van der Waals surface area contributed by atoms with Gasteiger partial charge >= 0.3 is 5.97 Å². The number of carbonyl (C=O) groups is 1. The van der Waals surface area contributed by atoms with Gasteiger partial charge in [0.1, 0.15) is 0 Å². The molecule has 1 N–H and O–H groups in total. The van der Waals surface area contributed by atoms with Crippen LogP contribution in [-0.2, 0) is 10.0 Å². The van der Waals surface area contributed by atoms with E-state index in [1.165, 1.54) is 16.4 Å². The van der Waals surface area contributed by atoms with Crippen molar-refractivity contribution in [2.75, 3.05) is 13.1 Å². The molecule has 0 saturated carbocycles. The average Bonchev–Trinajstić information content (AvgIpc) is 2.73. The number of hydrogen-bond acceptors (Lipinski definition) is 3. The van der Waals surface area contributed by atoms with Crippen LogP contribution in [-0.4, -0.2) is 36.9 Å². The molecular formula is C14H18BrNO4S. The van der Waals surface area contributed by atoms with Crippen LogP contribution >= 0.6 is 15.9 Å². The zero-order valence-corrected chi connectivity index (χ0v) is 14.5. The number of halogens is 1. The number of carboxylic acid groups (broad SMARTS) is 1. The molecular weight excluding hydrogens is 358 g/mol. The van der Waals surface area contributed by atoms with Gasteiger partial charge in [-0.3, -0.25) is 0 Å². The SMILES string of the molecule is Cc1c(Br)cc(S(=O)(=O)N2CC(C)C(C)C2)cc1C(=O)O. The van der Waals surface area contributed by atoms with E-state index in [-0.39, 0.29) is 10.5 Å². The van der Waals surface area contributed by atoms with Crippen molar-refractivity contribution in [1.29, 1.82) is 0 Å². The third-order valence-electron chi connectivity index (χ3n) is 4.14. The van der Waals surface area contributed by atoms with E-state index in [0.29, 0.717) is 35.0 Å². The highest BCUT2D eigenvalue weighted by molar-refractivity contribution is 9.10. The van der Waals surface area contributed by atoms with Gasteiger partial charge in [0.25, 0.3) is 0 Å². The molecule has 1 fully saturated rings. The van der Waals surface area contributed by atoms with Gasteiger partial charge in [-0.05, 0) is 36.5 Å². The van der Waals surface area contributed by atoms with Crippen molar-refractivity contribution in [2.24, 2.45) is 11.8 Å². The molecule has 1 aromatic carbocycles. The Morgan fingerprint density at radius 3 is 2.29 bits per heavy atom. The molecule has 2 unspecified atom stereocenters. The first-order valence-electron chi connectivity index (χ1n) is 6.68. The summed E-state index contributed by atoms with van der Waals surface area (Å²) in [5, 5.41) is 9.20. The topological polar surface area (TPSA) is 74.7 Å². The predicted octanol–water partition coefficient (Wildman–Crippen LogP) is 2.73. The van der Waals surface area contributed by atoms with Crippen molar-refractivity contribution in [1.82, 2.24) is 4.31 Å². The number of carboxylic acids is 1. The molecule has 0 aromatic heterocycles. The van der Waals surface area contributed by atoms with E-state index >= 15 is 0 Å². The van der Waals surface area contributed by atoms with E-state index in [0.717, 1.165) is 0 Å². The fraction of sp³-hybridized carbons (Fsp3) is 0.500. The van der Waals surface area contributed by atoms with Crippen molar-refractivity contribution < 1.29 is 18.3 Å². The highest BCUT2D eigenvalue weighted by Crippen LogP contribution is 2.31. The second-order valence-electron chi connectivity index (χ2n) is 5.66. The smallest absolute Gasteiger partial charge is 0.336 e. The van der Waals surface area contributed by atoms with Crippen LogP contribution in [0.1, 0.15) is 29.8 Å². The molecule has 1 aliphatic rings. The Morgan fingerprint density at radius 1 is 1.29 bits per heavy atom. The Kier molecular flexibility index (Phi) is 4.46.